The molecule has 5 heteroatoms. The van der Waals surface area contributed by atoms with Gasteiger partial charge in [-0.25, -0.2) is 4.79 Å². The second-order valence-corrected chi connectivity index (χ2v) is 4.03. The molecule has 3 N–H and O–H groups in total. The van der Waals surface area contributed by atoms with E-state index < -0.39 is 0 Å². The van der Waals surface area contributed by atoms with Crippen LogP contribution in [0.4, 0.5) is 0 Å². The molecule has 0 unspecified atom stereocenters. The summed E-state index contributed by atoms with van der Waals surface area (Å²) in [4.78, 5) is 16.5. The molecular formula is C11H14ClN3O. The molecule has 0 aliphatic rings. The maximum absolute atomic E-state index is 11.1. The summed E-state index contributed by atoms with van der Waals surface area (Å²) in [6, 6.07) is 5.94. The molecule has 0 bridgehead atoms. The van der Waals surface area contributed by atoms with E-state index in [0.29, 0.717) is 5.88 Å². The van der Waals surface area contributed by atoms with Gasteiger partial charge in [0.1, 0.15) is 0 Å². The van der Waals surface area contributed by atoms with E-state index in [9.17, 15) is 4.79 Å². The highest BCUT2D eigenvalue weighted by molar-refractivity contribution is 6.18. The summed E-state index contributed by atoms with van der Waals surface area (Å²) >= 11 is 5.56. The fourth-order valence-corrected chi connectivity index (χ4v) is 1.79. The fourth-order valence-electron chi connectivity index (χ4n) is 1.66. The maximum Gasteiger partial charge on any atom is 0.323 e. The Labute approximate surface area is 98.0 Å². The number of hydrogen-bond donors (Lipinski definition) is 3. The monoisotopic (exact) mass is 239 g/mol. The Morgan fingerprint density at radius 2 is 2.00 bits per heavy atom. The molecule has 0 saturated carbocycles. The molecular weight excluding hydrogens is 226 g/mol. The van der Waals surface area contributed by atoms with Crippen LogP contribution in [-0.4, -0.2) is 28.9 Å². The number of imidazole rings is 1. The van der Waals surface area contributed by atoms with Gasteiger partial charge >= 0.3 is 5.69 Å². The molecule has 16 heavy (non-hydrogen) atoms. The second-order valence-electron chi connectivity index (χ2n) is 3.65. The molecule has 0 radical (unpaired) electrons. The van der Waals surface area contributed by atoms with Gasteiger partial charge in [-0.05, 0) is 30.7 Å². The first-order valence-corrected chi connectivity index (χ1v) is 5.80. The van der Waals surface area contributed by atoms with E-state index in [2.05, 4.69) is 15.3 Å². The van der Waals surface area contributed by atoms with Crippen LogP contribution in [0.2, 0.25) is 0 Å². The van der Waals surface area contributed by atoms with Gasteiger partial charge in [-0.2, -0.15) is 0 Å². The second kappa shape index (κ2) is 5.18. The third-order valence-corrected chi connectivity index (χ3v) is 2.63. The highest BCUT2D eigenvalue weighted by Gasteiger charge is 1.99. The lowest BCUT2D eigenvalue weighted by Gasteiger charge is -2.02. The lowest BCUT2D eigenvalue weighted by atomic mass is 10.1. The zero-order valence-electron chi connectivity index (χ0n) is 8.85. The Morgan fingerprint density at radius 1 is 1.19 bits per heavy atom. The van der Waals surface area contributed by atoms with Gasteiger partial charge < -0.3 is 15.3 Å². The van der Waals surface area contributed by atoms with Gasteiger partial charge in [0, 0.05) is 12.4 Å². The molecule has 2 aromatic rings. The molecule has 2 rings (SSSR count). The standard InChI is InChI=1S/C11H14ClN3O/c12-4-6-13-5-3-8-1-2-9-10(7-8)15-11(16)14-9/h1-2,7,13H,3-6H2,(H2,14,15,16). The molecule has 0 amide bonds. The van der Waals surface area contributed by atoms with Crippen LogP contribution >= 0.6 is 11.6 Å². The number of hydrogen-bond acceptors (Lipinski definition) is 2. The van der Waals surface area contributed by atoms with E-state index in [-0.39, 0.29) is 5.69 Å². The summed E-state index contributed by atoms with van der Waals surface area (Å²) in [7, 11) is 0. The van der Waals surface area contributed by atoms with E-state index >= 15 is 0 Å². The molecule has 0 fully saturated rings. The van der Waals surface area contributed by atoms with Crippen LogP contribution in [0.3, 0.4) is 0 Å². The van der Waals surface area contributed by atoms with E-state index in [0.717, 1.165) is 30.5 Å². The lowest BCUT2D eigenvalue weighted by molar-refractivity contribution is 0.720. The zero-order chi connectivity index (χ0) is 11.4. The van der Waals surface area contributed by atoms with Gasteiger partial charge in [-0.3, -0.25) is 0 Å². The van der Waals surface area contributed by atoms with Gasteiger partial charge in [0.25, 0.3) is 0 Å². The first-order valence-electron chi connectivity index (χ1n) is 5.27. The number of aromatic amines is 2. The van der Waals surface area contributed by atoms with Crippen molar-refractivity contribution in [3.8, 4) is 0 Å². The predicted molar refractivity (Wildman–Crippen MR) is 66.2 cm³/mol. The highest BCUT2D eigenvalue weighted by atomic mass is 35.5. The summed E-state index contributed by atoms with van der Waals surface area (Å²) < 4.78 is 0. The summed E-state index contributed by atoms with van der Waals surface area (Å²) in [5.74, 6) is 0.629. The molecule has 0 spiro atoms. The highest BCUT2D eigenvalue weighted by Crippen LogP contribution is 2.10. The first-order chi connectivity index (χ1) is 7.79. The molecule has 1 heterocycles. The van der Waals surface area contributed by atoms with Crippen LogP contribution < -0.4 is 11.0 Å². The van der Waals surface area contributed by atoms with Gasteiger partial charge in [0.05, 0.1) is 11.0 Å². The van der Waals surface area contributed by atoms with Crippen LogP contribution in [-0.2, 0) is 6.42 Å². The van der Waals surface area contributed by atoms with Crippen molar-refractivity contribution in [2.75, 3.05) is 19.0 Å². The number of aromatic nitrogens is 2. The number of halogens is 1. The molecule has 0 atom stereocenters. The van der Waals surface area contributed by atoms with Crippen molar-refractivity contribution in [1.29, 1.82) is 0 Å². The third kappa shape index (κ3) is 2.65. The van der Waals surface area contributed by atoms with Crippen LogP contribution in [0.15, 0.2) is 23.0 Å². The minimum atomic E-state index is -0.160. The summed E-state index contributed by atoms with van der Waals surface area (Å²) in [5.41, 5.74) is 2.75. The van der Waals surface area contributed by atoms with Crippen molar-refractivity contribution >= 4 is 22.6 Å². The predicted octanol–water partition coefficient (Wildman–Crippen LogP) is 1.23. The average molecular weight is 240 g/mol. The molecule has 1 aromatic carbocycles. The van der Waals surface area contributed by atoms with Gasteiger partial charge in [0.15, 0.2) is 0 Å². The van der Waals surface area contributed by atoms with Crippen LogP contribution in [0.1, 0.15) is 5.56 Å². The normalized spacial score (nSPS) is 11.1. The van der Waals surface area contributed by atoms with Crippen molar-refractivity contribution in [2.45, 2.75) is 6.42 Å². The summed E-state index contributed by atoms with van der Waals surface area (Å²) in [6.07, 6.45) is 0.931. The Hall–Kier alpha value is -1.26. The van der Waals surface area contributed by atoms with Crippen LogP contribution in [0, 0.1) is 0 Å². The van der Waals surface area contributed by atoms with E-state index in [4.69, 9.17) is 11.6 Å². The van der Waals surface area contributed by atoms with E-state index in [1.165, 1.54) is 5.56 Å². The maximum atomic E-state index is 11.1. The number of alkyl halides is 1. The Balaban J connectivity index is 2.04. The molecule has 0 saturated heterocycles. The zero-order valence-corrected chi connectivity index (χ0v) is 9.60. The Kier molecular flexibility index (Phi) is 3.64. The van der Waals surface area contributed by atoms with Gasteiger partial charge in [0.2, 0.25) is 0 Å². The van der Waals surface area contributed by atoms with E-state index in [1.54, 1.807) is 0 Å². The molecule has 86 valence electrons. The van der Waals surface area contributed by atoms with Crippen molar-refractivity contribution in [2.24, 2.45) is 0 Å². The Morgan fingerprint density at radius 3 is 2.81 bits per heavy atom. The van der Waals surface area contributed by atoms with Gasteiger partial charge in [-0.1, -0.05) is 6.07 Å². The van der Waals surface area contributed by atoms with Crippen molar-refractivity contribution in [3.63, 3.8) is 0 Å². The van der Waals surface area contributed by atoms with E-state index in [1.807, 2.05) is 18.2 Å². The summed E-state index contributed by atoms with van der Waals surface area (Å²) in [5, 5.41) is 3.23. The van der Waals surface area contributed by atoms with Gasteiger partial charge in [-0.15, -0.1) is 11.6 Å². The number of H-pyrrole nitrogens is 2. The fraction of sp³-hybridized carbons (Fsp3) is 0.364. The Bertz CT molecular complexity index is 517. The van der Waals surface area contributed by atoms with Crippen molar-refractivity contribution in [1.82, 2.24) is 15.3 Å². The number of fused-ring (bicyclic) bond motifs is 1. The van der Waals surface area contributed by atoms with Crippen LogP contribution in [0.25, 0.3) is 11.0 Å². The molecule has 4 nitrogen and oxygen atoms in total. The van der Waals surface area contributed by atoms with Crippen molar-refractivity contribution in [3.05, 3.63) is 34.2 Å². The third-order valence-electron chi connectivity index (χ3n) is 2.44. The molecule has 1 aromatic heterocycles. The topological polar surface area (TPSA) is 60.7 Å². The minimum Gasteiger partial charge on any atom is -0.315 e. The van der Waals surface area contributed by atoms with Crippen LogP contribution in [0.5, 0.6) is 0 Å². The first kappa shape index (κ1) is 11.2. The summed E-state index contributed by atoms with van der Waals surface area (Å²) in [6.45, 7) is 1.72. The van der Waals surface area contributed by atoms with Crippen molar-refractivity contribution < 1.29 is 0 Å². The lowest BCUT2D eigenvalue weighted by Crippen LogP contribution is -2.19. The number of nitrogens with one attached hydrogen (secondary N) is 3. The SMILES string of the molecule is O=c1[nH]c2ccc(CCNCCCl)cc2[nH]1. The molecule has 0 aliphatic heterocycles. The largest absolute Gasteiger partial charge is 0.323 e. The smallest absolute Gasteiger partial charge is 0.315 e. The number of benzene rings is 1. The number of rotatable bonds is 5. The minimum absolute atomic E-state index is 0.160. The molecule has 0 aliphatic carbocycles. The quantitative estimate of drug-likeness (QED) is 0.543. The average Bonchev–Trinajstić information content (AvgIpc) is 2.64.